The number of aliphatic imine (C=N–C) groups is 1. The van der Waals surface area contributed by atoms with Crippen LogP contribution in [0.2, 0.25) is 0 Å². The van der Waals surface area contributed by atoms with Gasteiger partial charge in [-0.05, 0) is 69.7 Å². The van der Waals surface area contributed by atoms with Crippen LogP contribution < -0.4 is 15.5 Å². The predicted molar refractivity (Wildman–Crippen MR) is 120 cm³/mol. The molecule has 2 saturated heterocycles. The lowest BCUT2D eigenvalue weighted by molar-refractivity contribution is -0.0318. The van der Waals surface area contributed by atoms with Gasteiger partial charge in [-0.25, -0.2) is 4.39 Å². The SMILES string of the molecule is CCNC(=NCCCOC1CCOCC1)NC1CCCN(c2ccc(F)cc2C)C1. The van der Waals surface area contributed by atoms with Crippen molar-refractivity contribution in [1.29, 1.82) is 0 Å². The molecule has 2 aliphatic heterocycles. The van der Waals surface area contributed by atoms with E-state index in [1.165, 1.54) is 0 Å². The summed E-state index contributed by atoms with van der Waals surface area (Å²) < 4.78 is 24.8. The van der Waals surface area contributed by atoms with Gasteiger partial charge in [-0.2, -0.15) is 0 Å². The van der Waals surface area contributed by atoms with Crippen LogP contribution in [0.4, 0.5) is 10.1 Å². The maximum atomic E-state index is 13.5. The zero-order chi connectivity index (χ0) is 21.2. The van der Waals surface area contributed by atoms with Crippen LogP contribution in [0.25, 0.3) is 0 Å². The molecule has 2 N–H and O–H groups in total. The van der Waals surface area contributed by atoms with Gasteiger partial charge in [-0.15, -0.1) is 0 Å². The van der Waals surface area contributed by atoms with Gasteiger partial charge in [0.05, 0.1) is 6.10 Å². The van der Waals surface area contributed by atoms with Crippen molar-refractivity contribution in [3.05, 3.63) is 29.6 Å². The topological polar surface area (TPSA) is 58.1 Å². The van der Waals surface area contributed by atoms with Crippen molar-refractivity contribution in [2.75, 3.05) is 50.9 Å². The smallest absolute Gasteiger partial charge is 0.191 e. The number of benzene rings is 1. The van der Waals surface area contributed by atoms with Crippen molar-refractivity contribution >= 4 is 11.6 Å². The summed E-state index contributed by atoms with van der Waals surface area (Å²) in [4.78, 5) is 7.09. The highest BCUT2D eigenvalue weighted by molar-refractivity contribution is 5.80. The summed E-state index contributed by atoms with van der Waals surface area (Å²) in [6, 6.07) is 5.37. The average molecular weight is 421 g/mol. The fourth-order valence-corrected chi connectivity index (χ4v) is 4.15. The van der Waals surface area contributed by atoms with Crippen molar-refractivity contribution < 1.29 is 13.9 Å². The fourth-order valence-electron chi connectivity index (χ4n) is 4.15. The minimum absolute atomic E-state index is 0.176. The number of halogens is 1. The van der Waals surface area contributed by atoms with Crippen LogP contribution in [-0.4, -0.2) is 64.1 Å². The van der Waals surface area contributed by atoms with E-state index in [-0.39, 0.29) is 5.82 Å². The molecule has 7 heteroatoms. The Morgan fingerprint density at radius 2 is 2.13 bits per heavy atom. The number of nitrogens with one attached hydrogen (secondary N) is 2. The number of anilines is 1. The van der Waals surface area contributed by atoms with Crippen LogP contribution in [0.1, 0.15) is 44.6 Å². The number of hydrogen-bond donors (Lipinski definition) is 2. The summed E-state index contributed by atoms with van der Waals surface area (Å²) >= 11 is 0. The molecule has 168 valence electrons. The van der Waals surface area contributed by atoms with E-state index in [0.717, 1.165) is 95.3 Å². The summed E-state index contributed by atoms with van der Waals surface area (Å²) in [5.74, 6) is 0.691. The van der Waals surface area contributed by atoms with Crippen molar-refractivity contribution in [3.8, 4) is 0 Å². The standard InChI is InChI=1S/C23H37FN4O2/c1-3-25-23(26-11-5-13-30-21-9-14-29-15-10-21)27-20-6-4-12-28(17-20)22-8-7-19(24)16-18(22)2/h7-8,16,20-21H,3-6,9-15,17H2,1-2H3,(H2,25,26,27). The van der Waals surface area contributed by atoms with Crippen molar-refractivity contribution in [3.63, 3.8) is 0 Å². The third kappa shape index (κ3) is 7.13. The second-order valence-electron chi connectivity index (χ2n) is 8.16. The molecule has 6 nitrogen and oxygen atoms in total. The Hall–Kier alpha value is -1.86. The summed E-state index contributed by atoms with van der Waals surface area (Å²) in [6.45, 7) is 9.90. The molecule has 2 aliphatic rings. The quantitative estimate of drug-likeness (QED) is 0.384. The molecule has 0 bridgehead atoms. The number of aryl methyl sites for hydroxylation is 1. The normalized spacial score (nSPS) is 21.0. The third-order valence-electron chi connectivity index (χ3n) is 5.70. The van der Waals surface area contributed by atoms with Crippen molar-refractivity contribution in [1.82, 2.24) is 10.6 Å². The Kier molecular flexibility index (Phi) is 9.21. The number of rotatable bonds is 8. The highest BCUT2D eigenvalue weighted by Gasteiger charge is 2.22. The fraction of sp³-hybridized carbons (Fsp3) is 0.696. The van der Waals surface area contributed by atoms with Gasteiger partial charge in [0.2, 0.25) is 0 Å². The van der Waals surface area contributed by atoms with Gasteiger partial charge >= 0.3 is 0 Å². The number of hydrogen-bond acceptors (Lipinski definition) is 4. The Labute approximate surface area is 180 Å². The lowest BCUT2D eigenvalue weighted by atomic mass is 10.0. The summed E-state index contributed by atoms with van der Waals surface area (Å²) in [5, 5.41) is 6.95. The Bertz CT molecular complexity index is 679. The first kappa shape index (κ1) is 22.8. The van der Waals surface area contributed by atoms with E-state index in [4.69, 9.17) is 14.5 Å². The molecule has 0 aliphatic carbocycles. The van der Waals surface area contributed by atoms with Gasteiger partial charge in [0.1, 0.15) is 5.82 Å². The molecular formula is C23H37FN4O2. The monoisotopic (exact) mass is 420 g/mol. The third-order valence-corrected chi connectivity index (χ3v) is 5.70. The zero-order valence-corrected chi connectivity index (χ0v) is 18.5. The molecule has 1 aromatic rings. The first-order valence-electron chi connectivity index (χ1n) is 11.4. The van der Waals surface area contributed by atoms with Crippen LogP contribution in [0.15, 0.2) is 23.2 Å². The largest absolute Gasteiger partial charge is 0.381 e. The molecule has 0 spiro atoms. The molecule has 0 radical (unpaired) electrons. The van der Waals surface area contributed by atoms with E-state index < -0.39 is 0 Å². The molecule has 1 unspecified atom stereocenters. The molecule has 0 aromatic heterocycles. The van der Waals surface area contributed by atoms with E-state index in [1.54, 1.807) is 12.1 Å². The number of nitrogens with zero attached hydrogens (tertiary/aromatic N) is 2. The van der Waals surface area contributed by atoms with Gasteiger partial charge in [0, 0.05) is 57.7 Å². The molecule has 1 aromatic carbocycles. The van der Waals surface area contributed by atoms with Gasteiger partial charge in [0.15, 0.2) is 5.96 Å². The summed E-state index contributed by atoms with van der Waals surface area (Å²) in [6.07, 6.45) is 5.47. The van der Waals surface area contributed by atoms with Crippen molar-refractivity contribution in [2.24, 2.45) is 4.99 Å². The average Bonchev–Trinajstić information content (AvgIpc) is 2.74. The minimum atomic E-state index is -0.176. The lowest BCUT2D eigenvalue weighted by Crippen LogP contribution is -2.51. The van der Waals surface area contributed by atoms with E-state index in [9.17, 15) is 4.39 Å². The minimum Gasteiger partial charge on any atom is -0.381 e. The van der Waals surface area contributed by atoms with Crippen LogP contribution in [0.5, 0.6) is 0 Å². The van der Waals surface area contributed by atoms with Crippen LogP contribution in [-0.2, 0) is 9.47 Å². The Morgan fingerprint density at radius 1 is 1.30 bits per heavy atom. The molecule has 2 fully saturated rings. The number of guanidine groups is 1. The van der Waals surface area contributed by atoms with E-state index in [2.05, 4.69) is 22.5 Å². The van der Waals surface area contributed by atoms with Gasteiger partial charge in [-0.3, -0.25) is 4.99 Å². The number of piperidine rings is 1. The maximum absolute atomic E-state index is 13.5. The zero-order valence-electron chi connectivity index (χ0n) is 18.5. The molecule has 30 heavy (non-hydrogen) atoms. The lowest BCUT2D eigenvalue weighted by Gasteiger charge is -2.36. The Morgan fingerprint density at radius 3 is 2.90 bits per heavy atom. The van der Waals surface area contributed by atoms with Crippen LogP contribution in [0, 0.1) is 12.7 Å². The first-order chi connectivity index (χ1) is 14.7. The molecule has 2 heterocycles. The van der Waals surface area contributed by atoms with Gasteiger partial charge in [-0.1, -0.05) is 0 Å². The number of ether oxygens (including phenoxy) is 2. The van der Waals surface area contributed by atoms with Gasteiger partial charge < -0.3 is 25.0 Å². The summed E-state index contributed by atoms with van der Waals surface area (Å²) in [7, 11) is 0. The molecule has 3 rings (SSSR count). The molecular weight excluding hydrogens is 383 g/mol. The summed E-state index contributed by atoms with van der Waals surface area (Å²) in [5.41, 5.74) is 2.11. The maximum Gasteiger partial charge on any atom is 0.191 e. The van der Waals surface area contributed by atoms with Crippen LogP contribution >= 0.6 is 0 Å². The molecule has 0 saturated carbocycles. The second-order valence-corrected chi connectivity index (χ2v) is 8.16. The van der Waals surface area contributed by atoms with Crippen molar-refractivity contribution in [2.45, 2.75) is 58.1 Å². The first-order valence-corrected chi connectivity index (χ1v) is 11.4. The Balaban J connectivity index is 1.46. The molecule has 0 amide bonds. The van der Waals surface area contributed by atoms with E-state index in [0.29, 0.717) is 12.1 Å². The predicted octanol–water partition coefficient (Wildman–Crippen LogP) is 3.24. The highest BCUT2D eigenvalue weighted by Crippen LogP contribution is 2.24. The van der Waals surface area contributed by atoms with E-state index >= 15 is 0 Å². The highest BCUT2D eigenvalue weighted by atomic mass is 19.1. The van der Waals surface area contributed by atoms with Gasteiger partial charge in [0.25, 0.3) is 0 Å². The van der Waals surface area contributed by atoms with Crippen LogP contribution in [0.3, 0.4) is 0 Å². The van der Waals surface area contributed by atoms with E-state index in [1.807, 2.05) is 13.0 Å². The second kappa shape index (κ2) is 12.1. The molecule has 1 atom stereocenters.